The first-order chi connectivity index (χ1) is 11.9. The lowest BCUT2D eigenvalue weighted by atomic mass is 10.1. The first kappa shape index (κ1) is 17.7. The normalized spacial score (nSPS) is 18.0. The highest BCUT2D eigenvalue weighted by molar-refractivity contribution is 5.68. The smallest absolute Gasteiger partial charge is 0.410 e. The van der Waals surface area contributed by atoms with E-state index >= 15 is 0 Å². The number of ether oxygens (including phenoxy) is 1. The third-order valence-corrected chi connectivity index (χ3v) is 4.38. The van der Waals surface area contributed by atoms with E-state index in [1.807, 2.05) is 60.7 Å². The van der Waals surface area contributed by atoms with Crippen molar-refractivity contribution in [2.24, 2.45) is 0 Å². The molecule has 6 heteroatoms. The van der Waals surface area contributed by atoms with E-state index in [-0.39, 0.29) is 12.1 Å². The van der Waals surface area contributed by atoms with Gasteiger partial charge in [-0.15, -0.1) is 0 Å². The maximum Gasteiger partial charge on any atom is 0.410 e. The van der Waals surface area contributed by atoms with Crippen LogP contribution in [0.1, 0.15) is 45.7 Å². The minimum absolute atomic E-state index is 0.185. The van der Waals surface area contributed by atoms with Gasteiger partial charge in [0.25, 0.3) is 0 Å². The maximum absolute atomic E-state index is 12.3. The fourth-order valence-corrected chi connectivity index (χ4v) is 3.25. The maximum atomic E-state index is 12.3. The molecule has 0 saturated carbocycles. The summed E-state index contributed by atoms with van der Waals surface area (Å²) in [5.41, 5.74) is 1.55. The van der Waals surface area contributed by atoms with Gasteiger partial charge in [0.1, 0.15) is 11.2 Å². The molecule has 1 atom stereocenters. The zero-order chi connectivity index (χ0) is 17.9. The molecule has 0 aromatic carbocycles. The van der Waals surface area contributed by atoms with Gasteiger partial charge in [0, 0.05) is 31.5 Å². The molecule has 1 saturated heterocycles. The molecule has 2 aromatic rings. The standard InChI is InChI=1S/C19H28N4O2/c1-19(2,3)25-18(24)23-12-6-7-16(23)9-10-20-13-15-14-22-11-5-4-8-17(22)21-15/h4-5,8,11,14,16,20H,6-7,9-10,12-13H2,1-3H3. The highest BCUT2D eigenvalue weighted by atomic mass is 16.6. The summed E-state index contributed by atoms with van der Waals surface area (Å²) in [5, 5.41) is 3.44. The van der Waals surface area contributed by atoms with Gasteiger partial charge in [0.05, 0.1) is 5.69 Å². The van der Waals surface area contributed by atoms with Crippen molar-refractivity contribution in [1.82, 2.24) is 19.6 Å². The number of carbonyl (C=O) groups is 1. The Morgan fingerprint density at radius 3 is 3.00 bits per heavy atom. The Hall–Kier alpha value is -2.08. The minimum atomic E-state index is -0.439. The van der Waals surface area contributed by atoms with Gasteiger partial charge in [-0.25, -0.2) is 9.78 Å². The molecule has 0 bridgehead atoms. The van der Waals surface area contributed by atoms with Gasteiger partial charge in [0.2, 0.25) is 0 Å². The predicted octanol–water partition coefficient (Wildman–Crippen LogP) is 3.21. The fraction of sp³-hybridized carbons (Fsp3) is 0.579. The van der Waals surface area contributed by atoms with Crippen LogP contribution in [0.25, 0.3) is 5.65 Å². The molecule has 3 heterocycles. The molecular weight excluding hydrogens is 316 g/mol. The average molecular weight is 344 g/mol. The third kappa shape index (κ3) is 4.72. The number of amides is 1. The molecule has 3 rings (SSSR count). The third-order valence-electron chi connectivity index (χ3n) is 4.38. The summed E-state index contributed by atoms with van der Waals surface area (Å²) in [6, 6.07) is 6.26. The number of rotatable bonds is 5. The second-order valence-corrected chi connectivity index (χ2v) is 7.63. The number of hydrogen-bond donors (Lipinski definition) is 1. The summed E-state index contributed by atoms with van der Waals surface area (Å²) in [5.74, 6) is 0. The van der Waals surface area contributed by atoms with Crippen LogP contribution in [0.15, 0.2) is 30.6 Å². The van der Waals surface area contributed by atoms with Gasteiger partial charge >= 0.3 is 6.09 Å². The van der Waals surface area contributed by atoms with E-state index in [1.54, 1.807) is 0 Å². The zero-order valence-corrected chi connectivity index (χ0v) is 15.4. The van der Waals surface area contributed by atoms with Crippen LogP contribution in [-0.2, 0) is 11.3 Å². The van der Waals surface area contributed by atoms with Crippen LogP contribution in [0.4, 0.5) is 4.79 Å². The van der Waals surface area contributed by atoms with E-state index in [9.17, 15) is 4.79 Å². The van der Waals surface area contributed by atoms with Crippen molar-refractivity contribution in [3.8, 4) is 0 Å². The number of hydrogen-bond acceptors (Lipinski definition) is 4. The monoisotopic (exact) mass is 344 g/mol. The molecule has 1 aliphatic rings. The van der Waals surface area contributed by atoms with Crippen LogP contribution in [0.5, 0.6) is 0 Å². The van der Waals surface area contributed by atoms with Crippen LogP contribution in [0, 0.1) is 0 Å². The van der Waals surface area contributed by atoms with Crippen LogP contribution >= 0.6 is 0 Å². The van der Waals surface area contributed by atoms with Gasteiger partial charge in [0.15, 0.2) is 0 Å². The van der Waals surface area contributed by atoms with Crippen LogP contribution in [0.2, 0.25) is 0 Å². The molecule has 25 heavy (non-hydrogen) atoms. The summed E-state index contributed by atoms with van der Waals surface area (Å²) < 4.78 is 7.54. The largest absolute Gasteiger partial charge is 0.444 e. The van der Waals surface area contributed by atoms with Crippen molar-refractivity contribution in [2.45, 2.75) is 58.2 Å². The van der Waals surface area contributed by atoms with Crippen molar-refractivity contribution < 1.29 is 9.53 Å². The predicted molar refractivity (Wildman–Crippen MR) is 97.5 cm³/mol. The number of fused-ring (bicyclic) bond motifs is 1. The number of nitrogens with one attached hydrogen (secondary N) is 1. The first-order valence-corrected chi connectivity index (χ1v) is 9.05. The van der Waals surface area contributed by atoms with Crippen LogP contribution in [-0.4, -0.2) is 45.1 Å². The molecule has 0 aliphatic carbocycles. The van der Waals surface area contributed by atoms with E-state index in [4.69, 9.17) is 4.74 Å². The first-order valence-electron chi connectivity index (χ1n) is 9.05. The molecule has 136 valence electrons. The quantitative estimate of drug-likeness (QED) is 0.846. The van der Waals surface area contributed by atoms with Gasteiger partial charge in [-0.1, -0.05) is 6.07 Å². The molecule has 6 nitrogen and oxygen atoms in total. The number of pyridine rings is 1. The van der Waals surface area contributed by atoms with Crippen LogP contribution < -0.4 is 5.32 Å². The molecule has 1 amide bonds. The molecule has 1 fully saturated rings. The van der Waals surface area contributed by atoms with Gasteiger partial charge < -0.3 is 19.4 Å². The van der Waals surface area contributed by atoms with Gasteiger partial charge in [-0.05, 0) is 58.7 Å². The summed E-state index contributed by atoms with van der Waals surface area (Å²) in [6.45, 7) is 8.12. The van der Waals surface area contributed by atoms with E-state index < -0.39 is 5.60 Å². The van der Waals surface area contributed by atoms with Crippen molar-refractivity contribution in [1.29, 1.82) is 0 Å². The Morgan fingerprint density at radius 1 is 1.40 bits per heavy atom. The Kier molecular flexibility index (Phi) is 5.27. The zero-order valence-electron chi connectivity index (χ0n) is 15.4. The molecule has 1 N–H and O–H groups in total. The SMILES string of the molecule is CC(C)(C)OC(=O)N1CCCC1CCNCc1cn2ccccc2n1. The Morgan fingerprint density at radius 2 is 2.24 bits per heavy atom. The second kappa shape index (κ2) is 7.44. The molecule has 2 aromatic heterocycles. The molecule has 1 unspecified atom stereocenters. The Bertz CT molecular complexity index is 687. The number of imidazole rings is 1. The number of likely N-dealkylation sites (tertiary alicyclic amines) is 1. The number of nitrogens with zero attached hydrogens (tertiary/aromatic N) is 3. The van der Waals surface area contributed by atoms with Crippen LogP contribution in [0.3, 0.4) is 0 Å². The van der Waals surface area contributed by atoms with Crippen molar-refractivity contribution >= 4 is 11.7 Å². The molecule has 0 spiro atoms. The second-order valence-electron chi connectivity index (χ2n) is 7.63. The summed E-state index contributed by atoms with van der Waals surface area (Å²) >= 11 is 0. The average Bonchev–Trinajstić information content (AvgIpc) is 3.16. The number of carbonyl (C=O) groups excluding carboxylic acids is 1. The van der Waals surface area contributed by atoms with Crippen molar-refractivity contribution in [3.63, 3.8) is 0 Å². The van der Waals surface area contributed by atoms with Gasteiger partial charge in [-0.2, -0.15) is 0 Å². The summed E-state index contributed by atoms with van der Waals surface area (Å²) in [4.78, 5) is 18.8. The Labute approximate surface area is 149 Å². The minimum Gasteiger partial charge on any atom is -0.444 e. The van der Waals surface area contributed by atoms with E-state index in [0.717, 1.165) is 50.2 Å². The Balaban J connectivity index is 1.45. The topological polar surface area (TPSA) is 58.9 Å². The fourth-order valence-electron chi connectivity index (χ4n) is 3.25. The lowest BCUT2D eigenvalue weighted by Crippen LogP contribution is -2.40. The number of aromatic nitrogens is 2. The highest BCUT2D eigenvalue weighted by Crippen LogP contribution is 2.22. The van der Waals surface area contributed by atoms with E-state index in [0.29, 0.717) is 0 Å². The van der Waals surface area contributed by atoms with Crippen molar-refractivity contribution in [3.05, 3.63) is 36.3 Å². The molecular formula is C19H28N4O2. The summed E-state index contributed by atoms with van der Waals surface area (Å²) in [6.07, 6.45) is 6.90. The molecule has 0 radical (unpaired) electrons. The van der Waals surface area contributed by atoms with Gasteiger partial charge in [-0.3, -0.25) is 0 Å². The van der Waals surface area contributed by atoms with E-state index in [2.05, 4.69) is 10.3 Å². The highest BCUT2D eigenvalue weighted by Gasteiger charge is 2.31. The summed E-state index contributed by atoms with van der Waals surface area (Å²) in [7, 11) is 0. The van der Waals surface area contributed by atoms with Crippen molar-refractivity contribution in [2.75, 3.05) is 13.1 Å². The lowest BCUT2D eigenvalue weighted by Gasteiger charge is -2.28. The van der Waals surface area contributed by atoms with E-state index in [1.165, 1.54) is 0 Å². The molecule has 1 aliphatic heterocycles. The lowest BCUT2D eigenvalue weighted by molar-refractivity contribution is 0.0220.